The van der Waals surface area contributed by atoms with Crippen LogP contribution in [0.2, 0.25) is 0 Å². The number of benzene rings is 1. The van der Waals surface area contributed by atoms with Crippen molar-refractivity contribution < 1.29 is 40.3 Å². The smallest absolute Gasteiger partial charge is 0.377 e. The summed E-state index contributed by atoms with van der Waals surface area (Å²) in [5.41, 5.74) is -5.30. The van der Waals surface area contributed by atoms with Crippen LogP contribution >= 0.6 is 0 Å². The second kappa shape index (κ2) is 6.46. The summed E-state index contributed by atoms with van der Waals surface area (Å²) < 4.78 is 93.9. The van der Waals surface area contributed by atoms with Crippen LogP contribution < -0.4 is 0 Å². The van der Waals surface area contributed by atoms with Crippen molar-refractivity contribution in [3.63, 3.8) is 0 Å². The minimum absolute atomic E-state index is 0.104. The predicted molar refractivity (Wildman–Crippen MR) is 66.8 cm³/mol. The number of rotatable bonds is 5. The van der Waals surface area contributed by atoms with Gasteiger partial charge in [0.05, 0.1) is 6.10 Å². The first-order chi connectivity index (χ1) is 10.3. The van der Waals surface area contributed by atoms with Gasteiger partial charge in [-0.15, -0.1) is 0 Å². The SMILES string of the molecule is COC(CC(F)(C(F)(F)F)C(F)(F)F)c1ccc(C(C)=O)cc1. The van der Waals surface area contributed by atoms with Crippen molar-refractivity contribution in [3.8, 4) is 0 Å². The van der Waals surface area contributed by atoms with Gasteiger partial charge in [-0.1, -0.05) is 24.3 Å². The highest BCUT2D eigenvalue weighted by Gasteiger charge is 2.72. The number of hydrogen-bond acceptors (Lipinski definition) is 2. The van der Waals surface area contributed by atoms with Crippen LogP contribution in [0, 0.1) is 0 Å². The van der Waals surface area contributed by atoms with Gasteiger partial charge in [0.15, 0.2) is 5.78 Å². The van der Waals surface area contributed by atoms with Gasteiger partial charge >= 0.3 is 18.0 Å². The molecule has 0 radical (unpaired) electrons. The first kappa shape index (κ1) is 19.4. The fraction of sp³-hybridized carbons (Fsp3) is 0.500. The predicted octanol–water partition coefficient (Wildman–Crippen LogP) is 4.80. The van der Waals surface area contributed by atoms with Crippen LogP contribution in [-0.2, 0) is 4.74 Å². The number of ketones is 1. The van der Waals surface area contributed by atoms with E-state index in [9.17, 15) is 35.5 Å². The van der Waals surface area contributed by atoms with E-state index in [2.05, 4.69) is 4.74 Å². The Hall–Kier alpha value is -1.64. The Labute approximate surface area is 127 Å². The Morgan fingerprint density at radius 2 is 1.43 bits per heavy atom. The number of carbonyl (C=O) groups excluding carboxylic acids is 1. The van der Waals surface area contributed by atoms with Crippen molar-refractivity contribution in [3.05, 3.63) is 35.4 Å². The lowest BCUT2D eigenvalue weighted by Gasteiger charge is -2.32. The first-order valence-electron chi connectivity index (χ1n) is 6.29. The summed E-state index contributed by atoms with van der Waals surface area (Å²) in [4.78, 5) is 11.1. The molecule has 2 nitrogen and oxygen atoms in total. The molecule has 0 fully saturated rings. The topological polar surface area (TPSA) is 26.3 Å². The van der Waals surface area contributed by atoms with Crippen molar-refractivity contribution in [2.45, 2.75) is 37.5 Å². The third-order valence-corrected chi connectivity index (χ3v) is 3.34. The summed E-state index contributed by atoms with van der Waals surface area (Å²) in [6.07, 6.45) is -16.0. The fourth-order valence-corrected chi connectivity index (χ4v) is 1.92. The van der Waals surface area contributed by atoms with E-state index in [0.29, 0.717) is 0 Å². The van der Waals surface area contributed by atoms with E-state index < -0.39 is 30.5 Å². The number of alkyl halides is 7. The average molecular weight is 346 g/mol. The van der Waals surface area contributed by atoms with Crippen LogP contribution in [0.1, 0.15) is 35.4 Å². The van der Waals surface area contributed by atoms with Gasteiger partial charge in [-0.05, 0) is 12.5 Å². The standard InChI is InChI=1S/C14H13F7O2/c1-8(22)9-3-5-10(6-4-9)11(23-2)7-12(15,13(16,17)18)14(19,20)21/h3-6,11H,7H2,1-2H3. The lowest BCUT2D eigenvalue weighted by atomic mass is 9.92. The molecule has 0 saturated heterocycles. The maximum atomic E-state index is 13.8. The number of methoxy groups -OCH3 is 1. The zero-order chi connectivity index (χ0) is 18.1. The molecule has 130 valence electrons. The van der Waals surface area contributed by atoms with Crippen molar-refractivity contribution >= 4 is 5.78 Å². The van der Waals surface area contributed by atoms with Gasteiger partial charge in [0.2, 0.25) is 0 Å². The lowest BCUT2D eigenvalue weighted by molar-refractivity contribution is -0.348. The highest BCUT2D eigenvalue weighted by Crippen LogP contribution is 2.51. The molecule has 0 aliphatic rings. The van der Waals surface area contributed by atoms with E-state index in [4.69, 9.17) is 0 Å². The molecule has 1 aromatic rings. The number of Topliss-reactive ketones (excluding diaryl/α,β-unsaturated/α-hetero) is 1. The monoisotopic (exact) mass is 346 g/mol. The van der Waals surface area contributed by atoms with Gasteiger partial charge in [-0.2, -0.15) is 26.3 Å². The molecule has 0 bridgehead atoms. The molecule has 0 amide bonds. The van der Waals surface area contributed by atoms with Crippen LogP contribution in [0.5, 0.6) is 0 Å². The molecule has 23 heavy (non-hydrogen) atoms. The van der Waals surface area contributed by atoms with Crippen LogP contribution in [0.4, 0.5) is 30.7 Å². The molecule has 0 spiro atoms. The van der Waals surface area contributed by atoms with Gasteiger partial charge in [0, 0.05) is 19.1 Å². The second-order valence-electron chi connectivity index (χ2n) is 4.90. The molecule has 1 atom stereocenters. The summed E-state index contributed by atoms with van der Waals surface area (Å²) in [7, 11) is 0.872. The molecule has 0 aliphatic carbocycles. The Bertz CT molecular complexity index is 532. The molecular weight excluding hydrogens is 333 g/mol. The maximum absolute atomic E-state index is 13.8. The molecule has 0 N–H and O–H groups in total. The summed E-state index contributed by atoms with van der Waals surface area (Å²) in [6, 6.07) is 4.67. The van der Waals surface area contributed by atoms with E-state index in [1.807, 2.05) is 0 Å². The van der Waals surface area contributed by atoms with E-state index in [-0.39, 0.29) is 16.9 Å². The molecule has 0 aliphatic heterocycles. The van der Waals surface area contributed by atoms with Crippen LogP contribution in [0.25, 0.3) is 0 Å². The highest BCUT2D eigenvalue weighted by atomic mass is 19.4. The maximum Gasteiger partial charge on any atom is 0.431 e. The summed E-state index contributed by atoms with van der Waals surface area (Å²) in [5, 5.41) is 0. The average Bonchev–Trinajstić information content (AvgIpc) is 2.42. The quantitative estimate of drug-likeness (QED) is 0.565. The minimum Gasteiger partial charge on any atom is -0.377 e. The summed E-state index contributed by atoms with van der Waals surface area (Å²) >= 11 is 0. The van der Waals surface area contributed by atoms with Crippen LogP contribution in [0.15, 0.2) is 24.3 Å². The van der Waals surface area contributed by atoms with E-state index in [1.54, 1.807) is 0 Å². The third kappa shape index (κ3) is 4.01. The molecule has 0 saturated carbocycles. The second-order valence-corrected chi connectivity index (χ2v) is 4.90. The normalized spacial score (nSPS) is 14.7. The number of hydrogen-bond donors (Lipinski definition) is 0. The first-order valence-corrected chi connectivity index (χ1v) is 6.29. The van der Waals surface area contributed by atoms with Gasteiger partial charge in [0.1, 0.15) is 0 Å². The third-order valence-electron chi connectivity index (χ3n) is 3.34. The van der Waals surface area contributed by atoms with E-state index in [1.165, 1.54) is 19.1 Å². The molecule has 0 heterocycles. The highest BCUT2D eigenvalue weighted by molar-refractivity contribution is 5.94. The summed E-state index contributed by atoms with van der Waals surface area (Å²) in [5.74, 6) is -0.337. The lowest BCUT2D eigenvalue weighted by Crippen LogP contribution is -2.54. The van der Waals surface area contributed by atoms with Gasteiger partial charge in [-0.25, -0.2) is 4.39 Å². The Morgan fingerprint density at radius 3 is 1.74 bits per heavy atom. The van der Waals surface area contributed by atoms with Crippen molar-refractivity contribution in [1.82, 2.24) is 0 Å². The molecule has 9 heteroatoms. The van der Waals surface area contributed by atoms with E-state index >= 15 is 0 Å². The Kier molecular flexibility index (Phi) is 5.45. The van der Waals surface area contributed by atoms with Crippen molar-refractivity contribution in [1.29, 1.82) is 0 Å². The number of ether oxygens (including phenoxy) is 1. The molecule has 1 unspecified atom stereocenters. The zero-order valence-electron chi connectivity index (χ0n) is 12.1. The van der Waals surface area contributed by atoms with Crippen LogP contribution in [-0.4, -0.2) is 30.9 Å². The van der Waals surface area contributed by atoms with Gasteiger partial charge in [-0.3, -0.25) is 4.79 Å². The van der Waals surface area contributed by atoms with Gasteiger partial charge < -0.3 is 4.74 Å². The van der Waals surface area contributed by atoms with Crippen LogP contribution in [0.3, 0.4) is 0 Å². The molecular formula is C14H13F7O2. The van der Waals surface area contributed by atoms with Gasteiger partial charge in [0.25, 0.3) is 0 Å². The Balaban J connectivity index is 3.17. The minimum atomic E-state index is -6.14. The molecule has 1 rings (SSSR count). The largest absolute Gasteiger partial charge is 0.431 e. The Morgan fingerprint density at radius 1 is 1.00 bits per heavy atom. The fourth-order valence-electron chi connectivity index (χ4n) is 1.92. The van der Waals surface area contributed by atoms with Crippen molar-refractivity contribution in [2.75, 3.05) is 7.11 Å². The molecule has 1 aromatic carbocycles. The summed E-state index contributed by atoms with van der Waals surface area (Å²) in [6.45, 7) is 1.24. The number of carbonyl (C=O) groups is 1. The van der Waals surface area contributed by atoms with Crippen molar-refractivity contribution in [2.24, 2.45) is 0 Å². The number of halogens is 7. The van der Waals surface area contributed by atoms with E-state index in [0.717, 1.165) is 19.2 Å². The zero-order valence-corrected chi connectivity index (χ0v) is 12.1. The molecule has 0 aromatic heterocycles.